The summed E-state index contributed by atoms with van der Waals surface area (Å²) in [6.07, 6.45) is 1.32. The van der Waals surface area contributed by atoms with Gasteiger partial charge in [-0.3, -0.25) is 0 Å². The van der Waals surface area contributed by atoms with Crippen molar-refractivity contribution in [2.75, 3.05) is 0 Å². The van der Waals surface area contributed by atoms with E-state index in [0.717, 1.165) is 0 Å². The van der Waals surface area contributed by atoms with Crippen molar-refractivity contribution in [2.24, 2.45) is 0 Å². The Morgan fingerprint density at radius 1 is 1.67 bits per heavy atom. The molecular formula is C5H3BrClNO. The van der Waals surface area contributed by atoms with Crippen LogP contribution in [-0.4, -0.2) is 10.1 Å². The van der Waals surface area contributed by atoms with Gasteiger partial charge in [-0.1, -0.05) is 11.6 Å². The molecule has 0 aliphatic heterocycles. The van der Waals surface area contributed by atoms with Crippen molar-refractivity contribution in [3.05, 3.63) is 21.9 Å². The molecule has 0 unspecified atom stereocenters. The molecule has 0 aliphatic rings. The highest BCUT2D eigenvalue weighted by molar-refractivity contribution is 9.10. The van der Waals surface area contributed by atoms with Crippen LogP contribution in [0, 0.1) is 0 Å². The standard InChI is InChI=1S/C5H3BrClNO/c6-5-4(7)1-3(9)2-8-5/h1-2,9H. The third-order valence-electron chi connectivity index (χ3n) is 0.782. The molecule has 1 heterocycles. The number of pyridine rings is 1. The molecule has 0 fully saturated rings. The molecule has 1 N–H and O–H groups in total. The maximum absolute atomic E-state index is 8.77. The van der Waals surface area contributed by atoms with Gasteiger partial charge in [0, 0.05) is 6.07 Å². The van der Waals surface area contributed by atoms with Crippen LogP contribution in [0.25, 0.3) is 0 Å². The summed E-state index contributed by atoms with van der Waals surface area (Å²) in [4.78, 5) is 3.71. The van der Waals surface area contributed by atoms with E-state index in [2.05, 4.69) is 20.9 Å². The van der Waals surface area contributed by atoms with Crippen molar-refractivity contribution >= 4 is 27.5 Å². The van der Waals surface area contributed by atoms with E-state index >= 15 is 0 Å². The van der Waals surface area contributed by atoms with Crippen molar-refractivity contribution in [1.29, 1.82) is 0 Å². The van der Waals surface area contributed by atoms with Crippen LogP contribution < -0.4 is 0 Å². The van der Waals surface area contributed by atoms with E-state index in [1.807, 2.05) is 0 Å². The Bertz CT molecular complexity index is 228. The van der Waals surface area contributed by atoms with Crippen molar-refractivity contribution in [3.63, 3.8) is 0 Å². The fraction of sp³-hybridized carbons (Fsp3) is 0. The summed E-state index contributed by atoms with van der Waals surface area (Å²) in [6.45, 7) is 0. The van der Waals surface area contributed by atoms with Crippen molar-refractivity contribution in [1.82, 2.24) is 4.98 Å². The summed E-state index contributed by atoms with van der Waals surface area (Å²) < 4.78 is 0.543. The summed E-state index contributed by atoms with van der Waals surface area (Å²) in [5.74, 6) is 0.0724. The Morgan fingerprint density at radius 2 is 2.33 bits per heavy atom. The number of rotatable bonds is 0. The largest absolute Gasteiger partial charge is 0.506 e. The quantitative estimate of drug-likeness (QED) is 0.663. The van der Waals surface area contributed by atoms with Crippen LogP contribution in [0.3, 0.4) is 0 Å². The van der Waals surface area contributed by atoms with E-state index in [4.69, 9.17) is 16.7 Å². The maximum Gasteiger partial charge on any atom is 0.135 e. The minimum absolute atomic E-state index is 0.0724. The predicted octanol–water partition coefficient (Wildman–Crippen LogP) is 2.20. The third-order valence-corrected chi connectivity index (χ3v) is 1.93. The zero-order valence-corrected chi connectivity index (χ0v) is 6.65. The number of aromatic nitrogens is 1. The topological polar surface area (TPSA) is 33.1 Å². The van der Waals surface area contributed by atoms with Gasteiger partial charge in [-0.2, -0.15) is 0 Å². The van der Waals surface area contributed by atoms with Crippen molar-refractivity contribution in [2.45, 2.75) is 0 Å². The van der Waals surface area contributed by atoms with Gasteiger partial charge in [0.2, 0.25) is 0 Å². The Hall–Kier alpha value is -0.280. The zero-order valence-electron chi connectivity index (χ0n) is 4.31. The van der Waals surface area contributed by atoms with Gasteiger partial charge >= 0.3 is 0 Å². The van der Waals surface area contributed by atoms with E-state index in [-0.39, 0.29) is 5.75 Å². The van der Waals surface area contributed by atoms with Crippen LogP contribution in [0.2, 0.25) is 5.02 Å². The number of aromatic hydroxyl groups is 1. The van der Waals surface area contributed by atoms with Crippen LogP contribution in [0.4, 0.5) is 0 Å². The predicted molar refractivity (Wildman–Crippen MR) is 38.6 cm³/mol. The summed E-state index contributed by atoms with van der Waals surface area (Å²) in [5, 5.41) is 9.18. The highest BCUT2D eigenvalue weighted by Crippen LogP contribution is 2.22. The van der Waals surface area contributed by atoms with Gasteiger partial charge in [-0.25, -0.2) is 4.98 Å². The first-order valence-corrected chi connectivity index (χ1v) is 3.37. The van der Waals surface area contributed by atoms with Crippen molar-refractivity contribution < 1.29 is 5.11 Å². The smallest absolute Gasteiger partial charge is 0.135 e. The molecule has 0 atom stereocenters. The fourth-order valence-corrected chi connectivity index (χ4v) is 0.789. The highest BCUT2D eigenvalue weighted by Gasteiger charge is 1.96. The lowest BCUT2D eigenvalue weighted by Gasteiger charge is -1.92. The van der Waals surface area contributed by atoms with E-state index in [1.54, 1.807) is 0 Å². The van der Waals surface area contributed by atoms with Gasteiger partial charge in [0.1, 0.15) is 10.4 Å². The second-order valence-electron chi connectivity index (χ2n) is 1.47. The molecule has 1 rings (SSSR count). The first-order valence-electron chi connectivity index (χ1n) is 2.20. The molecular weight excluding hydrogens is 205 g/mol. The second kappa shape index (κ2) is 2.54. The molecule has 1 aromatic heterocycles. The number of halogens is 2. The van der Waals surface area contributed by atoms with E-state index in [9.17, 15) is 0 Å². The fourth-order valence-electron chi connectivity index (χ4n) is 0.411. The van der Waals surface area contributed by atoms with Crippen LogP contribution in [0.1, 0.15) is 0 Å². The lowest BCUT2D eigenvalue weighted by atomic mass is 10.5. The summed E-state index contributed by atoms with van der Waals surface area (Å²) in [7, 11) is 0. The van der Waals surface area contributed by atoms with Crippen molar-refractivity contribution in [3.8, 4) is 5.75 Å². The minimum atomic E-state index is 0.0724. The maximum atomic E-state index is 8.77. The second-order valence-corrected chi connectivity index (χ2v) is 2.62. The van der Waals surface area contributed by atoms with Gasteiger partial charge < -0.3 is 5.11 Å². The van der Waals surface area contributed by atoms with Crippen LogP contribution in [-0.2, 0) is 0 Å². The van der Waals surface area contributed by atoms with E-state index in [1.165, 1.54) is 12.3 Å². The summed E-state index contributed by atoms with van der Waals surface area (Å²) >= 11 is 8.62. The molecule has 0 aliphatic carbocycles. The summed E-state index contributed by atoms with van der Waals surface area (Å²) in [6, 6.07) is 1.42. The lowest BCUT2D eigenvalue weighted by Crippen LogP contribution is -1.74. The Balaban J connectivity index is 3.17. The Labute approximate surface area is 65.6 Å². The molecule has 0 bridgehead atoms. The summed E-state index contributed by atoms with van der Waals surface area (Å²) in [5.41, 5.74) is 0. The van der Waals surface area contributed by atoms with Crippen LogP contribution in [0.15, 0.2) is 16.9 Å². The molecule has 0 radical (unpaired) electrons. The monoisotopic (exact) mass is 207 g/mol. The molecule has 0 saturated heterocycles. The molecule has 0 aromatic carbocycles. The Kier molecular flexibility index (Phi) is 1.93. The molecule has 2 nitrogen and oxygen atoms in total. The highest BCUT2D eigenvalue weighted by atomic mass is 79.9. The molecule has 0 spiro atoms. The zero-order chi connectivity index (χ0) is 6.85. The first-order chi connectivity index (χ1) is 4.20. The van der Waals surface area contributed by atoms with E-state index in [0.29, 0.717) is 9.63 Å². The normalized spacial score (nSPS) is 9.56. The number of hydrogen-bond donors (Lipinski definition) is 1. The molecule has 9 heavy (non-hydrogen) atoms. The molecule has 0 amide bonds. The van der Waals surface area contributed by atoms with Gasteiger partial charge in [0.15, 0.2) is 0 Å². The first kappa shape index (κ1) is 6.83. The van der Waals surface area contributed by atoms with Gasteiger partial charge in [-0.15, -0.1) is 0 Å². The minimum Gasteiger partial charge on any atom is -0.506 e. The average molecular weight is 208 g/mol. The molecule has 4 heteroatoms. The van der Waals surface area contributed by atoms with Crippen LogP contribution >= 0.6 is 27.5 Å². The van der Waals surface area contributed by atoms with Crippen LogP contribution in [0.5, 0.6) is 5.75 Å². The SMILES string of the molecule is Oc1cnc(Br)c(Cl)c1. The number of nitrogens with zero attached hydrogens (tertiary/aromatic N) is 1. The third kappa shape index (κ3) is 1.56. The molecule has 1 aromatic rings. The molecule has 0 saturated carbocycles. The van der Waals surface area contributed by atoms with Gasteiger partial charge in [-0.05, 0) is 15.9 Å². The van der Waals surface area contributed by atoms with E-state index < -0.39 is 0 Å². The van der Waals surface area contributed by atoms with Gasteiger partial charge in [0.25, 0.3) is 0 Å². The lowest BCUT2D eigenvalue weighted by molar-refractivity contribution is 0.472. The average Bonchev–Trinajstić information content (AvgIpc) is 1.80. The molecule has 48 valence electrons. The number of hydrogen-bond acceptors (Lipinski definition) is 2. The Morgan fingerprint density at radius 3 is 2.78 bits per heavy atom. The van der Waals surface area contributed by atoms with Gasteiger partial charge in [0.05, 0.1) is 11.2 Å².